The van der Waals surface area contributed by atoms with Crippen LogP contribution in [0.15, 0.2) is 24.3 Å². The van der Waals surface area contributed by atoms with Gasteiger partial charge < -0.3 is 10.6 Å². The summed E-state index contributed by atoms with van der Waals surface area (Å²) < 4.78 is 0. The summed E-state index contributed by atoms with van der Waals surface area (Å²) in [5, 5.41) is 5.48. The van der Waals surface area contributed by atoms with Crippen molar-refractivity contribution in [2.24, 2.45) is 0 Å². The van der Waals surface area contributed by atoms with Crippen LogP contribution in [0.1, 0.15) is 18.4 Å². The average Bonchev–Trinajstić information content (AvgIpc) is 2.96. The van der Waals surface area contributed by atoms with E-state index in [9.17, 15) is 9.59 Å². The number of halogens is 1. The predicted molar refractivity (Wildman–Crippen MR) is 87.0 cm³/mol. The number of anilines is 1. The Bertz CT molecular complexity index is 590. The van der Waals surface area contributed by atoms with Gasteiger partial charge in [0.05, 0.1) is 6.54 Å². The molecule has 1 heterocycles. The minimum absolute atomic E-state index is 0.0367. The monoisotopic (exact) mass is 319 g/mol. The van der Waals surface area contributed by atoms with Crippen LogP contribution in [0.5, 0.6) is 0 Å². The zero-order chi connectivity index (χ0) is 15.8. The highest BCUT2D eigenvalue weighted by Gasteiger charge is 2.20. The summed E-state index contributed by atoms with van der Waals surface area (Å²) in [6.07, 6.45) is 1.10. The van der Waals surface area contributed by atoms with Gasteiger partial charge in [-0.15, -0.1) is 11.6 Å². The number of carbonyl (C=O) groups excluding carboxylic acids is 2. The minimum Gasteiger partial charge on any atom is -0.345 e. The van der Waals surface area contributed by atoms with E-state index in [0.717, 1.165) is 11.3 Å². The van der Waals surface area contributed by atoms with E-state index in [4.69, 9.17) is 11.6 Å². The van der Waals surface area contributed by atoms with Gasteiger partial charge in [-0.25, -0.2) is 4.79 Å². The molecule has 3 amide bonds. The Morgan fingerprint density at radius 2 is 2.14 bits per heavy atom. The first-order valence-electron chi connectivity index (χ1n) is 7.17. The standard InChI is InChI=1S/C16H18ClN3O2/c17-9-1-4-15(21)18-10-2-3-13-5-7-14(8-6-13)20-12-11-19-16(20)22/h5-8H,1,4,9-12H2,(H,18,21)(H,19,22). The lowest BCUT2D eigenvalue weighted by Crippen LogP contribution is -2.27. The molecule has 0 bridgehead atoms. The van der Waals surface area contributed by atoms with Gasteiger partial charge >= 0.3 is 6.03 Å². The minimum atomic E-state index is -0.0708. The van der Waals surface area contributed by atoms with Gasteiger partial charge in [0.2, 0.25) is 5.91 Å². The maximum Gasteiger partial charge on any atom is 0.321 e. The highest BCUT2D eigenvalue weighted by molar-refractivity contribution is 6.17. The Morgan fingerprint density at radius 1 is 1.36 bits per heavy atom. The Morgan fingerprint density at radius 3 is 2.77 bits per heavy atom. The number of benzene rings is 1. The van der Waals surface area contributed by atoms with Crippen molar-refractivity contribution in [3.63, 3.8) is 0 Å². The lowest BCUT2D eigenvalue weighted by atomic mass is 10.2. The molecule has 1 fully saturated rings. The molecule has 1 saturated heterocycles. The summed E-state index contributed by atoms with van der Waals surface area (Å²) in [6, 6.07) is 7.40. The van der Waals surface area contributed by atoms with Crippen molar-refractivity contribution < 1.29 is 9.59 Å². The Hall–Kier alpha value is -2.19. The van der Waals surface area contributed by atoms with Gasteiger partial charge in [0.25, 0.3) is 0 Å². The quantitative estimate of drug-likeness (QED) is 0.641. The second-order valence-corrected chi connectivity index (χ2v) is 5.18. The van der Waals surface area contributed by atoms with E-state index in [2.05, 4.69) is 22.5 Å². The number of carbonyl (C=O) groups is 2. The van der Waals surface area contributed by atoms with Crippen LogP contribution in [-0.4, -0.2) is 37.5 Å². The lowest BCUT2D eigenvalue weighted by Gasteiger charge is -2.13. The Balaban J connectivity index is 1.83. The van der Waals surface area contributed by atoms with Crippen molar-refractivity contribution in [3.05, 3.63) is 29.8 Å². The second-order valence-electron chi connectivity index (χ2n) is 4.80. The molecular weight excluding hydrogens is 302 g/mol. The Kier molecular flexibility index (Phi) is 6.11. The highest BCUT2D eigenvalue weighted by atomic mass is 35.5. The molecule has 1 aromatic carbocycles. The molecule has 116 valence electrons. The van der Waals surface area contributed by atoms with Crippen molar-refractivity contribution >= 4 is 29.2 Å². The molecule has 1 aromatic rings. The van der Waals surface area contributed by atoms with Gasteiger partial charge in [-0.3, -0.25) is 9.69 Å². The van der Waals surface area contributed by atoms with Crippen LogP contribution >= 0.6 is 11.6 Å². The number of nitrogens with one attached hydrogen (secondary N) is 2. The first kappa shape index (κ1) is 16.2. The number of hydrogen-bond donors (Lipinski definition) is 2. The van der Waals surface area contributed by atoms with Crippen LogP contribution in [0.3, 0.4) is 0 Å². The molecule has 0 spiro atoms. The molecule has 0 aliphatic carbocycles. The smallest absolute Gasteiger partial charge is 0.321 e. The van der Waals surface area contributed by atoms with Crippen LogP contribution in [0, 0.1) is 11.8 Å². The molecule has 6 heteroatoms. The fraction of sp³-hybridized carbons (Fsp3) is 0.375. The number of alkyl halides is 1. The first-order valence-corrected chi connectivity index (χ1v) is 7.71. The number of rotatable bonds is 5. The third-order valence-electron chi connectivity index (χ3n) is 3.18. The Labute approximate surface area is 135 Å². The molecule has 0 atom stereocenters. The van der Waals surface area contributed by atoms with E-state index in [-0.39, 0.29) is 11.9 Å². The fourth-order valence-corrected chi connectivity index (χ4v) is 2.18. The third kappa shape index (κ3) is 4.68. The van der Waals surface area contributed by atoms with Gasteiger partial charge in [0, 0.05) is 36.6 Å². The van der Waals surface area contributed by atoms with E-state index < -0.39 is 0 Å². The fourth-order valence-electron chi connectivity index (χ4n) is 2.05. The van der Waals surface area contributed by atoms with Gasteiger partial charge in [0.15, 0.2) is 0 Å². The predicted octanol–water partition coefficient (Wildman–Crippen LogP) is 1.70. The van der Waals surface area contributed by atoms with E-state index in [0.29, 0.717) is 38.4 Å². The average molecular weight is 320 g/mol. The van der Waals surface area contributed by atoms with E-state index in [1.165, 1.54) is 0 Å². The van der Waals surface area contributed by atoms with E-state index >= 15 is 0 Å². The van der Waals surface area contributed by atoms with Crippen molar-refractivity contribution in [2.75, 3.05) is 30.4 Å². The largest absolute Gasteiger partial charge is 0.345 e. The summed E-state index contributed by atoms with van der Waals surface area (Å²) in [7, 11) is 0. The molecule has 1 aliphatic rings. The van der Waals surface area contributed by atoms with Crippen LogP contribution in [0.4, 0.5) is 10.5 Å². The third-order valence-corrected chi connectivity index (χ3v) is 3.45. The highest BCUT2D eigenvalue weighted by Crippen LogP contribution is 2.16. The summed E-state index contributed by atoms with van der Waals surface area (Å²) in [6.45, 7) is 1.67. The zero-order valence-corrected chi connectivity index (χ0v) is 12.9. The van der Waals surface area contributed by atoms with Crippen molar-refractivity contribution in [2.45, 2.75) is 12.8 Å². The number of urea groups is 1. The maximum atomic E-state index is 11.5. The number of amides is 3. The van der Waals surface area contributed by atoms with Gasteiger partial charge in [-0.2, -0.15) is 0 Å². The van der Waals surface area contributed by atoms with Crippen molar-refractivity contribution in [1.29, 1.82) is 0 Å². The molecule has 0 radical (unpaired) electrons. The topological polar surface area (TPSA) is 61.4 Å². The molecule has 0 aromatic heterocycles. The second kappa shape index (κ2) is 8.30. The van der Waals surface area contributed by atoms with E-state index in [1.807, 2.05) is 24.3 Å². The lowest BCUT2D eigenvalue weighted by molar-refractivity contribution is -0.120. The van der Waals surface area contributed by atoms with Crippen LogP contribution in [-0.2, 0) is 4.79 Å². The van der Waals surface area contributed by atoms with Crippen LogP contribution in [0.25, 0.3) is 0 Å². The van der Waals surface area contributed by atoms with Gasteiger partial charge in [-0.05, 0) is 30.7 Å². The van der Waals surface area contributed by atoms with E-state index in [1.54, 1.807) is 4.90 Å². The normalized spacial score (nSPS) is 13.3. The molecule has 5 nitrogen and oxygen atoms in total. The van der Waals surface area contributed by atoms with Crippen LogP contribution < -0.4 is 15.5 Å². The molecule has 2 N–H and O–H groups in total. The summed E-state index contributed by atoms with van der Waals surface area (Å²) in [5.41, 5.74) is 1.70. The van der Waals surface area contributed by atoms with Crippen LogP contribution in [0.2, 0.25) is 0 Å². The zero-order valence-electron chi connectivity index (χ0n) is 12.2. The summed E-state index contributed by atoms with van der Waals surface area (Å²) in [5.74, 6) is 6.32. The molecule has 0 unspecified atom stereocenters. The molecular formula is C16H18ClN3O2. The molecule has 22 heavy (non-hydrogen) atoms. The number of hydrogen-bond acceptors (Lipinski definition) is 2. The van der Waals surface area contributed by atoms with Gasteiger partial charge in [0.1, 0.15) is 0 Å². The van der Waals surface area contributed by atoms with Crippen molar-refractivity contribution in [3.8, 4) is 11.8 Å². The number of nitrogens with zero attached hydrogens (tertiary/aromatic N) is 1. The van der Waals surface area contributed by atoms with Crippen molar-refractivity contribution in [1.82, 2.24) is 10.6 Å². The summed E-state index contributed by atoms with van der Waals surface area (Å²) >= 11 is 5.52. The molecule has 1 aliphatic heterocycles. The summed E-state index contributed by atoms with van der Waals surface area (Å²) in [4.78, 5) is 24.6. The maximum absolute atomic E-state index is 11.5. The first-order chi connectivity index (χ1) is 10.7. The SMILES string of the molecule is O=C(CCCCl)NCC#Cc1ccc(N2CCNC2=O)cc1. The van der Waals surface area contributed by atoms with Gasteiger partial charge in [-0.1, -0.05) is 11.8 Å². The molecule has 0 saturated carbocycles. The molecule has 2 rings (SSSR count).